The summed E-state index contributed by atoms with van der Waals surface area (Å²) in [5, 5.41) is 54.7. The van der Waals surface area contributed by atoms with Crippen molar-refractivity contribution in [3.05, 3.63) is 60.8 Å². The van der Waals surface area contributed by atoms with Crippen molar-refractivity contribution in [1.82, 2.24) is 5.32 Å². The minimum Gasteiger partial charge on any atom is -0.394 e. The van der Waals surface area contributed by atoms with Crippen LogP contribution in [0.15, 0.2) is 60.8 Å². The zero-order chi connectivity index (χ0) is 57.9. The predicted molar refractivity (Wildman–Crippen MR) is 341 cm³/mol. The highest BCUT2D eigenvalue weighted by molar-refractivity contribution is 5.76. The molecule has 0 saturated carbocycles. The Labute approximate surface area is 494 Å². The number of aliphatic hydroxyl groups excluding tert-OH is 5. The van der Waals surface area contributed by atoms with Gasteiger partial charge in [-0.2, -0.15) is 0 Å². The Balaban J connectivity index is 2.15. The lowest BCUT2D eigenvalue weighted by atomic mass is 9.99. The zero-order valence-electron chi connectivity index (χ0n) is 52.3. The molecular weight excluding hydrogens is 995 g/mol. The van der Waals surface area contributed by atoms with Crippen LogP contribution >= 0.6 is 0 Å². The number of amides is 1. The first kappa shape index (κ1) is 75.9. The van der Waals surface area contributed by atoms with E-state index in [2.05, 4.69) is 67.8 Å². The zero-order valence-corrected chi connectivity index (χ0v) is 52.3. The van der Waals surface area contributed by atoms with Gasteiger partial charge in [-0.3, -0.25) is 4.79 Å². The minimum atomic E-state index is -1.58. The molecule has 0 aromatic carbocycles. The fourth-order valence-electron chi connectivity index (χ4n) is 10.9. The average molecular weight is 1130 g/mol. The third-order valence-corrected chi connectivity index (χ3v) is 16.3. The van der Waals surface area contributed by atoms with E-state index < -0.39 is 49.5 Å². The lowest BCUT2D eigenvalue weighted by Crippen LogP contribution is -2.60. The highest BCUT2D eigenvalue weighted by Crippen LogP contribution is 2.23. The van der Waals surface area contributed by atoms with Crippen molar-refractivity contribution in [3.63, 3.8) is 0 Å². The molecule has 1 rings (SSSR count). The standard InChI is InChI=1S/C71H131NO8/c1-3-5-7-9-11-13-15-17-19-21-23-25-27-29-30-31-32-33-34-35-36-37-39-41-43-45-47-49-51-53-55-57-59-61-67(75)72-64(63-79-71-70(78)69(77)68(76)66(62-73)80-71)65(74)60-58-56-54-52-50-48-46-44-42-40-38-28-26-24-22-20-18-16-14-12-10-8-6-4-2/h15,17,21,23,42,44,50,52,58,60,64-66,68-71,73-74,76-78H,3-14,16,18-20,22,24-41,43,45-49,51,53-57,59,61-63H2,1-2H3,(H,72,75)/b17-15-,23-21-,44-42+,52-50+,60-58+. The van der Waals surface area contributed by atoms with Gasteiger partial charge in [0.05, 0.1) is 25.4 Å². The Morgan fingerprint density at radius 2 is 0.750 bits per heavy atom. The molecule has 1 aliphatic rings. The molecule has 0 aromatic heterocycles. The van der Waals surface area contributed by atoms with E-state index in [1.165, 1.54) is 257 Å². The average Bonchev–Trinajstić information content (AvgIpc) is 3.46. The van der Waals surface area contributed by atoms with E-state index in [9.17, 15) is 30.3 Å². The molecule has 0 aliphatic carbocycles. The maximum absolute atomic E-state index is 13.1. The van der Waals surface area contributed by atoms with E-state index in [-0.39, 0.29) is 12.5 Å². The largest absolute Gasteiger partial charge is 0.394 e. The summed E-state index contributed by atoms with van der Waals surface area (Å²) in [4.78, 5) is 13.1. The van der Waals surface area contributed by atoms with Gasteiger partial charge >= 0.3 is 0 Å². The van der Waals surface area contributed by atoms with Crippen molar-refractivity contribution < 1.29 is 39.8 Å². The Hall–Kier alpha value is -2.11. The number of unbranched alkanes of at least 4 members (excludes halogenated alkanes) is 42. The van der Waals surface area contributed by atoms with Crippen LogP contribution in [-0.4, -0.2) is 87.5 Å². The molecule has 0 bridgehead atoms. The molecule has 1 amide bonds. The van der Waals surface area contributed by atoms with Gasteiger partial charge in [-0.25, -0.2) is 0 Å². The molecule has 6 N–H and O–H groups in total. The highest BCUT2D eigenvalue weighted by atomic mass is 16.7. The molecule has 80 heavy (non-hydrogen) atoms. The van der Waals surface area contributed by atoms with Crippen LogP contribution in [-0.2, 0) is 14.3 Å². The molecule has 1 fully saturated rings. The fourth-order valence-corrected chi connectivity index (χ4v) is 10.9. The normalized spacial score (nSPS) is 18.8. The van der Waals surface area contributed by atoms with E-state index in [0.717, 1.165) is 51.4 Å². The van der Waals surface area contributed by atoms with Gasteiger partial charge in [-0.1, -0.05) is 306 Å². The number of ether oxygens (including phenoxy) is 2. The summed E-state index contributed by atoms with van der Waals surface area (Å²) in [6.45, 7) is 3.79. The smallest absolute Gasteiger partial charge is 0.220 e. The molecule has 0 radical (unpaired) electrons. The van der Waals surface area contributed by atoms with Gasteiger partial charge in [0, 0.05) is 6.42 Å². The lowest BCUT2D eigenvalue weighted by Gasteiger charge is -2.40. The van der Waals surface area contributed by atoms with Gasteiger partial charge in [0.25, 0.3) is 0 Å². The van der Waals surface area contributed by atoms with E-state index in [1.54, 1.807) is 6.08 Å². The number of carbonyl (C=O) groups is 1. The van der Waals surface area contributed by atoms with Crippen molar-refractivity contribution in [2.75, 3.05) is 13.2 Å². The van der Waals surface area contributed by atoms with Crippen molar-refractivity contribution in [3.8, 4) is 0 Å². The Morgan fingerprint density at radius 1 is 0.425 bits per heavy atom. The maximum atomic E-state index is 13.1. The van der Waals surface area contributed by atoms with Gasteiger partial charge in [-0.05, 0) is 77.0 Å². The topological polar surface area (TPSA) is 149 Å². The summed E-state index contributed by atoms with van der Waals surface area (Å²) >= 11 is 0. The molecule has 9 heteroatoms. The molecule has 0 spiro atoms. The van der Waals surface area contributed by atoms with Crippen LogP contribution < -0.4 is 5.32 Å². The Morgan fingerprint density at radius 3 is 1.12 bits per heavy atom. The summed E-state index contributed by atoms with van der Waals surface area (Å²) in [7, 11) is 0. The van der Waals surface area contributed by atoms with Crippen molar-refractivity contribution >= 4 is 5.91 Å². The number of aliphatic hydroxyl groups is 5. The van der Waals surface area contributed by atoms with E-state index in [4.69, 9.17) is 9.47 Å². The Kier molecular flexibility index (Phi) is 57.0. The monoisotopic (exact) mass is 1130 g/mol. The van der Waals surface area contributed by atoms with Gasteiger partial charge < -0.3 is 40.3 Å². The number of nitrogens with one attached hydrogen (secondary N) is 1. The highest BCUT2D eigenvalue weighted by Gasteiger charge is 2.44. The Bertz CT molecular complexity index is 1450. The van der Waals surface area contributed by atoms with E-state index in [1.807, 2.05) is 6.08 Å². The lowest BCUT2D eigenvalue weighted by molar-refractivity contribution is -0.302. The second kappa shape index (κ2) is 60.0. The summed E-state index contributed by atoms with van der Waals surface area (Å²) in [6, 6.07) is -0.830. The number of carbonyl (C=O) groups excluding carboxylic acids is 1. The van der Waals surface area contributed by atoms with Crippen LogP contribution in [0, 0.1) is 0 Å². The summed E-state index contributed by atoms with van der Waals surface area (Å²) in [5.74, 6) is -0.186. The second-order valence-corrected chi connectivity index (χ2v) is 24.0. The van der Waals surface area contributed by atoms with E-state index in [0.29, 0.717) is 6.42 Å². The van der Waals surface area contributed by atoms with Crippen LogP contribution in [0.2, 0.25) is 0 Å². The molecule has 468 valence electrons. The van der Waals surface area contributed by atoms with Crippen LogP contribution in [0.5, 0.6) is 0 Å². The predicted octanol–water partition coefficient (Wildman–Crippen LogP) is 18.6. The van der Waals surface area contributed by atoms with Crippen LogP contribution in [0.1, 0.15) is 328 Å². The third kappa shape index (κ3) is 48.3. The first-order valence-corrected chi connectivity index (χ1v) is 34.5. The molecule has 9 nitrogen and oxygen atoms in total. The first-order valence-electron chi connectivity index (χ1n) is 34.5. The first-order chi connectivity index (χ1) is 39.3. The van der Waals surface area contributed by atoms with Gasteiger partial charge in [0.2, 0.25) is 5.91 Å². The molecule has 1 aliphatic heterocycles. The number of allylic oxidation sites excluding steroid dienone is 9. The van der Waals surface area contributed by atoms with Crippen LogP contribution in [0.3, 0.4) is 0 Å². The van der Waals surface area contributed by atoms with Crippen molar-refractivity contribution in [2.45, 2.75) is 371 Å². The minimum absolute atomic E-state index is 0.186. The SMILES string of the molecule is CCCCCCC/C=C\C/C=C\CCCCCCCCCCCCCCCCCCCCCCCC(=O)NC(COC1OC(CO)C(O)C(O)C1O)C(O)/C=C/CC/C=C/CC/C=C/CCCCCCCCCCCCCCCC. The molecule has 7 atom stereocenters. The van der Waals surface area contributed by atoms with Gasteiger partial charge in [0.15, 0.2) is 6.29 Å². The molecule has 1 heterocycles. The fraction of sp³-hybridized carbons (Fsp3) is 0.845. The summed E-state index contributed by atoms with van der Waals surface area (Å²) < 4.78 is 11.3. The van der Waals surface area contributed by atoms with Crippen LogP contribution in [0.25, 0.3) is 0 Å². The van der Waals surface area contributed by atoms with Crippen molar-refractivity contribution in [2.24, 2.45) is 0 Å². The summed E-state index contributed by atoms with van der Waals surface area (Å²) in [5.41, 5.74) is 0. The quantitative estimate of drug-likeness (QED) is 0.0261. The third-order valence-electron chi connectivity index (χ3n) is 16.3. The number of hydrogen-bond donors (Lipinski definition) is 6. The summed E-state index contributed by atoms with van der Waals surface area (Å²) in [6.07, 6.45) is 76.1. The van der Waals surface area contributed by atoms with Crippen LogP contribution in [0.4, 0.5) is 0 Å². The van der Waals surface area contributed by atoms with Gasteiger partial charge in [-0.15, -0.1) is 0 Å². The maximum Gasteiger partial charge on any atom is 0.220 e. The second-order valence-electron chi connectivity index (χ2n) is 24.0. The molecule has 0 aromatic rings. The molecular formula is C71H131NO8. The molecule has 7 unspecified atom stereocenters. The van der Waals surface area contributed by atoms with Crippen molar-refractivity contribution in [1.29, 1.82) is 0 Å². The number of hydrogen-bond acceptors (Lipinski definition) is 8. The van der Waals surface area contributed by atoms with Gasteiger partial charge in [0.1, 0.15) is 24.4 Å². The number of rotatable bonds is 60. The molecule has 1 saturated heterocycles. The van der Waals surface area contributed by atoms with E-state index >= 15 is 0 Å².